The minimum Gasteiger partial charge on any atom is -0.480 e. The van der Waals surface area contributed by atoms with Gasteiger partial charge < -0.3 is 9.47 Å². The molecule has 82 valence electrons. The van der Waals surface area contributed by atoms with Gasteiger partial charge in [0.2, 0.25) is 5.88 Å². The number of aromatic nitrogens is 2. The summed E-state index contributed by atoms with van der Waals surface area (Å²) in [6.45, 7) is 4.25. The number of morpholine rings is 1. The van der Waals surface area contributed by atoms with Gasteiger partial charge in [-0.15, -0.1) is 0 Å². The monoisotopic (exact) mass is 209 g/mol. The third kappa shape index (κ3) is 2.64. The van der Waals surface area contributed by atoms with E-state index in [2.05, 4.69) is 14.9 Å². The smallest absolute Gasteiger partial charge is 0.236 e. The van der Waals surface area contributed by atoms with E-state index in [0.29, 0.717) is 5.88 Å². The van der Waals surface area contributed by atoms with Crippen molar-refractivity contribution in [2.75, 3.05) is 33.4 Å². The van der Waals surface area contributed by atoms with Gasteiger partial charge in [-0.3, -0.25) is 9.88 Å². The van der Waals surface area contributed by atoms with Gasteiger partial charge in [-0.1, -0.05) is 0 Å². The Bertz CT molecular complexity index is 313. The normalized spacial score (nSPS) is 17.7. The fourth-order valence-corrected chi connectivity index (χ4v) is 1.60. The summed E-state index contributed by atoms with van der Waals surface area (Å²) in [5.41, 5.74) is 0.891. The molecule has 2 heterocycles. The molecular formula is C10H15N3O2. The summed E-state index contributed by atoms with van der Waals surface area (Å²) < 4.78 is 10.4. The highest BCUT2D eigenvalue weighted by atomic mass is 16.5. The van der Waals surface area contributed by atoms with Crippen molar-refractivity contribution in [1.82, 2.24) is 14.9 Å². The second-order valence-electron chi connectivity index (χ2n) is 3.40. The van der Waals surface area contributed by atoms with Crippen molar-refractivity contribution >= 4 is 0 Å². The second kappa shape index (κ2) is 5.04. The molecule has 1 saturated heterocycles. The molecular weight excluding hydrogens is 194 g/mol. The Morgan fingerprint density at radius 1 is 1.33 bits per heavy atom. The highest BCUT2D eigenvalue weighted by Gasteiger charge is 2.14. The molecule has 15 heavy (non-hydrogen) atoms. The Kier molecular flexibility index (Phi) is 3.47. The first-order chi connectivity index (χ1) is 7.40. The summed E-state index contributed by atoms with van der Waals surface area (Å²) in [6.07, 6.45) is 3.33. The summed E-state index contributed by atoms with van der Waals surface area (Å²) in [7, 11) is 1.62. The molecule has 0 spiro atoms. The van der Waals surface area contributed by atoms with Gasteiger partial charge in [0.15, 0.2) is 0 Å². The molecule has 1 aromatic rings. The lowest BCUT2D eigenvalue weighted by Crippen LogP contribution is -2.36. The van der Waals surface area contributed by atoms with Crippen molar-refractivity contribution in [2.45, 2.75) is 6.54 Å². The van der Waals surface area contributed by atoms with Crippen LogP contribution in [0.2, 0.25) is 0 Å². The van der Waals surface area contributed by atoms with Crippen LogP contribution in [-0.2, 0) is 11.3 Å². The van der Waals surface area contributed by atoms with E-state index in [1.54, 1.807) is 19.5 Å². The van der Waals surface area contributed by atoms with E-state index in [4.69, 9.17) is 9.47 Å². The van der Waals surface area contributed by atoms with E-state index in [1.807, 2.05) is 0 Å². The van der Waals surface area contributed by atoms with Crippen molar-refractivity contribution in [3.63, 3.8) is 0 Å². The number of rotatable bonds is 3. The lowest BCUT2D eigenvalue weighted by Gasteiger charge is -2.26. The number of methoxy groups -OCH3 is 1. The molecule has 2 rings (SSSR count). The zero-order valence-corrected chi connectivity index (χ0v) is 8.85. The van der Waals surface area contributed by atoms with Crippen molar-refractivity contribution in [1.29, 1.82) is 0 Å². The van der Waals surface area contributed by atoms with Gasteiger partial charge in [0.05, 0.1) is 20.3 Å². The Hall–Kier alpha value is -1.20. The molecule has 0 radical (unpaired) electrons. The number of hydrogen-bond acceptors (Lipinski definition) is 5. The van der Waals surface area contributed by atoms with Crippen LogP contribution in [0.4, 0.5) is 0 Å². The van der Waals surface area contributed by atoms with Gasteiger partial charge in [-0.05, 0) is 0 Å². The van der Waals surface area contributed by atoms with Crippen molar-refractivity contribution in [3.05, 3.63) is 18.1 Å². The highest BCUT2D eigenvalue weighted by Crippen LogP contribution is 2.13. The minimum atomic E-state index is 0.615. The summed E-state index contributed by atoms with van der Waals surface area (Å²) >= 11 is 0. The van der Waals surface area contributed by atoms with E-state index in [9.17, 15) is 0 Å². The zero-order chi connectivity index (χ0) is 10.5. The maximum Gasteiger partial charge on any atom is 0.236 e. The molecule has 0 aliphatic carbocycles. The molecule has 1 aromatic heterocycles. The Morgan fingerprint density at radius 3 is 2.80 bits per heavy atom. The maximum atomic E-state index is 5.29. The van der Waals surface area contributed by atoms with Gasteiger partial charge in [-0.2, -0.15) is 0 Å². The zero-order valence-electron chi connectivity index (χ0n) is 8.85. The third-order valence-electron chi connectivity index (χ3n) is 2.41. The van der Waals surface area contributed by atoms with Gasteiger partial charge in [0, 0.05) is 32.0 Å². The van der Waals surface area contributed by atoms with E-state index >= 15 is 0 Å². The molecule has 0 unspecified atom stereocenters. The summed E-state index contributed by atoms with van der Waals surface area (Å²) in [5.74, 6) is 0.615. The lowest BCUT2D eigenvalue weighted by atomic mass is 10.3. The molecule has 0 bridgehead atoms. The second-order valence-corrected chi connectivity index (χ2v) is 3.40. The standard InChI is InChI=1S/C10H15N3O2/c1-14-10-9(11-2-3-12-10)8-13-4-6-15-7-5-13/h2-3H,4-8H2,1H3. The first-order valence-corrected chi connectivity index (χ1v) is 5.04. The van der Waals surface area contributed by atoms with E-state index in [-0.39, 0.29) is 0 Å². The number of hydrogen-bond donors (Lipinski definition) is 0. The average Bonchev–Trinajstić information content (AvgIpc) is 2.31. The van der Waals surface area contributed by atoms with Gasteiger partial charge in [0.25, 0.3) is 0 Å². The van der Waals surface area contributed by atoms with Crippen LogP contribution in [0, 0.1) is 0 Å². The lowest BCUT2D eigenvalue weighted by molar-refractivity contribution is 0.0332. The topological polar surface area (TPSA) is 47.5 Å². The average molecular weight is 209 g/mol. The maximum absolute atomic E-state index is 5.29. The van der Waals surface area contributed by atoms with Crippen LogP contribution < -0.4 is 4.74 Å². The van der Waals surface area contributed by atoms with Crippen molar-refractivity contribution < 1.29 is 9.47 Å². The Balaban J connectivity index is 2.02. The fourth-order valence-electron chi connectivity index (χ4n) is 1.60. The fraction of sp³-hybridized carbons (Fsp3) is 0.600. The molecule has 0 atom stereocenters. The predicted octanol–water partition coefficient (Wildman–Crippen LogP) is 0.317. The van der Waals surface area contributed by atoms with Gasteiger partial charge in [-0.25, -0.2) is 4.98 Å². The third-order valence-corrected chi connectivity index (χ3v) is 2.41. The highest BCUT2D eigenvalue weighted by molar-refractivity contribution is 5.16. The van der Waals surface area contributed by atoms with E-state index in [1.165, 1.54) is 0 Å². The van der Waals surface area contributed by atoms with Crippen LogP contribution in [0.15, 0.2) is 12.4 Å². The molecule has 1 fully saturated rings. The quantitative estimate of drug-likeness (QED) is 0.717. The van der Waals surface area contributed by atoms with Crippen LogP contribution in [0.5, 0.6) is 5.88 Å². The summed E-state index contributed by atoms with van der Waals surface area (Å²) in [6, 6.07) is 0. The van der Waals surface area contributed by atoms with E-state index < -0.39 is 0 Å². The van der Waals surface area contributed by atoms with Gasteiger partial charge >= 0.3 is 0 Å². The molecule has 5 heteroatoms. The molecule has 0 N–H and O–H groups in total. The minimum absolute atomic E-state index is 0.615. The van der Waals surface area contributed by atoms with Crippen LogP contribution in [0.3, 0.4) is 0 Å². The molecule has 0 aromatic carbocycles. The largest absolute Gasteiger partial charge is 0.480 e. The van der Waals surface area contributed by atoms with Crippen LogP contribution in [0.1, 0.15) is 5.69 Å². The summed E-state index contributed by atoms with van der Waals surface area (Å²) in [4.78, 5) is 10.7. The van der Waals surface area contributed by atoms with Crippen molar-refractivity contribution in [3.8, 4) is 5.88 Å². The predicted molar refractivity (Wildman–Crippen MR) is 54.7 cm³/mol. The Morgan fingerprint density at radius 2 is 2.07 bits per heavy atom. The number of nitrogens with zero attached hydrogens (tertiary/aromatic N) is 3. The molecule has 0 saturated carbocycles. The van der Waals surface area contributed by atoms with Gasteiger partial charge in [0.1, 0.15) is 5.69 Å². The van der Waals surface area contributed by atoms with Crippen molar-refractivity contribution in [2.24, 2.45) is 0 Å². The molecule has 5 nitrogen and oxygen atoms in total. The van der Waals surface area contributed by atoms with Crippen LogP contribution in [0.25, 0.3) is 0 Å². The first-order valence-electron chi connectivity index (χ1n) is 5.04. The van der Waals surface area contributed by atoms with E-state index in [0.717, 1.165) is 38.5 Å². The summed E-state index contributed by atoms with van der Waals surface area (Å²) in [5, 5.41) is 0. The molecule has 0 amide bonds. The SMILES string of the molecule is COc1nccnc1CN1CCOCC1. The number of ether oxygens (including phenoxy) is 2. The first kappa shape index (κ1) is 10.3. The van der Waals surface area contributed by atoms with Crippen LogP contribution in [-0.4, -0.2) is 48.3 Å². The molecule has 1 aliphatic rings. The van der Waals surface area contributed by atoms with Crippen LogP contribution >= 0.6 is 0 Å². The molecule has 1 aliphatic heterocycles. The Labute approximate surface area is 89.0 Å².